The summed E-state index contributed by atoms with van der Waals surface area (Å²) in [6, 6.07) is -0.135. The van der Waals surface area contributed by atoms with E-state index in [4.69, 9.17) is 21.6 Å². The van der Waals surface area contributed by atoms with Gasteiger partial charge >= 0.3 is 12.1 Å². The number of hydrogen-bond acceptors (Lipinski definition) is 6. The number of carbonyl (C=O) groups is 2. The van der Waals surface area contributed by atoms with Crippen molar-refractivity contribution in [3.63, 3.8) is 0 Å². The summed E-state index contributed by atoms with van der Waals surface area (Å²) in [4.78, 5) is 26.6. The van der Waals surface area contributed by atoms with Gasteiger partial charge in [0.25, 0.3) is 0 Å². The van der Waals surface area contributed by atoms with Crippen LogP contribution in [-0.2, 0) is 14.3 Å². The Balaban J connectivity index is 4.99. The number of nitrogens with one attached hydrogen (secondary N) is 3. The highest BCUT2D eigenvalue weighted by molar-refractivity contribution is 5.94. The van der Waals surface area contributed by atoms with E-state index in [1.54, 1.807) is 7.05 Å². The molecule has 0 heterocycles. The van der Waals surface area contributed by atoms with Gasteiger partial charge in [0.05, 0.1) is 12.0 Å². The maximum atomic E-state index is 12.5. The Morgan fingerprint density at radius 2 is 2.00 bits per heavy atom. The zero-order chi connectivity index (χ0) is 22.6. The fourth-order valence-electron chi connectivity index (χ4n) is 2.02. The molecule has 0 bridgehead atoms. The highest BCUT2D eigenvalue weighted by Gasteiger charge is 2.27. The van der Waals surface area contributed by atoms with E-state index in [0.29, 0.717) is 25.0 Å². The first kappa shape index (κ1) is 26.2. The van der Waals surface area contributed by atoms with Gasteiger partial charge in [-0.3, -0.25) is 15.0 Å². The average molecular weight is 413 g/mol. The molecule has 0 aromatic rings. The number of nitrogens with two attached hydrogens (primary N) is 2. The number of hydrogen-bond donors (Lipinski definition) is 5. The van der Waals surface area contributed by atoms with E-state index in [2.05, 4.69) is 22.2 Å². The van der Waals surface area contributed by atoms with Crippen molar-refractivity contribution in [3.05, 3.63) is 23.9 Å². The Kier molecular flexibility index (Phi) is 11.5. The minimum Gasteiger partial charge on any atom is -0.464 e. The highest BCUT2D eigenvalue weighted by atomic mass is 19.1. The summed E-state index contributed by atoms with van der Waals surface area (Å²) in [6.45, 7) is 9.31. The molecule has 0 aliphatic heterocycles. The minimum absolute atomic E-state index is 0.0337. The largest absolute Gasteiger partial charge is 0.464 e. The van der Waals surface area contributed by atoms with Crippen molar-refractivity contribution < 1.29 is 18.7 Å². The summed E-state index contributed by atoms with van der Waals surface area (Å²) in [5, 5.41) is 12.7. The number of likely N-dealkylation sites (N-methyl/N-ethyl adjacent to an activating group) is 1. The monoisotopic (exact) mass is 412 g/mol. The van der Waals surface area contributed by atoms with Crippen molar-refractivity contribution in [3.8, 4) is 0 Å². The van der Waals surface area contributed by atoms with Crippen LogP contribution in [0.2, 0.25) is 0 Å². The van der Waals surface area contributed by atoms with Crippen LogP contribution in [0.5, 0.6) is 0 Å². The molecule has 0 aromatic heterocycles. The predicted molar refractivity (Wildman–Crippen MR) is 112 cm³/mol. The number of halogens is 1. The number of amides is 1. The molecule has 0 saturated heterocycles. The second-order valence-corrected chi connectivity index (χ2v) is 7.17. The van der Waals surface area contributed by atoms with E-state index >= 15 is 0 Å². The predicted octanol–water partition coefficient (Wildman–Crippen LogP) is 1.11. The molecule has 0 saturated carbocycles. The maximum absolute atomic E-state index is 12.5. The molecule has 1 unspecified atom stereocenters. The standard InChI is InChI=1S/C19H33FN6O3/c1-6-19(3,4)17(28)29-11-14(24-5)8-7-13(9-12(2)16(22)27)25-10-15(21)26-18(20)23/h9,14,24-25H,2,6-8,10-11H2,1,3-5H3,(H2,22,27)(H3,21,23,26)/b13-9-. The molecule has 0 fully saturated rings. The van der Waals surface area contributed by atoms with Gasteiger partial charge in [-0.1, -0.05) is 13.5 Å². The molecule has 1 atom stereocenters. The fourth-order valence-corrected chi connectivity index (χ4v) is 2.02. The van der Waals surface area contributed by atoms with Crippen LogP contribution in [0.4, 0.5) is 4.39 Å². The molecular weight excluding hydrogens is 379 g/mol. The zero-order valence-electron chi connectivity index (χ0n) is 17.6. The van der Waals surface area contributed by atoms with E-state index in [0.717, 1.165) is 0 Å². The van der Waals surface area contributed by atoms with E-state index in [-0.39, 0.29) is 36.6 Å². The Morgan fingerprint density at radius 1 is 1.38 bits per heavy atom. The van der Waals surface area contributed by atoms with E-state index < -0.39 is 17.4 Å². The first-order chi connectivity index (χ1) is 13.4. The normalized spacial score (nSPS) is 13.6. The van der Waals surface area contributed by atoms with Crippen LogP contribution in [0.3, 0.4) is 0 Å². The van der Waals surface area contributed by atoms with Crippen molar-refractivity contribution in [2.75, 3.05) is 20.2 Å². The highest BCUT2D eigenvalue weighted by Crippen LogP contribution is 2.21. The maximum Gasteiger partial charge on any atom is 0.311 e. The number of allylic oxidation sites excluding steroid dienone is 1. The average Bonchev–Trinajstić information content (AvgIpc) is 2.64. The minimum atomic E-state index is -1.40. The summed E-state index contributed by atoms with van der Waals surface area (Å²) in [5.41, 5.74) is 10.8. The molecule has 0 rings (SSSR count). The summed E-state index contributed by atoms with van der Waals surface area (Å²) in [7, 11) is 1.75. The van der Waals surface area contributed by atoms with E-state index in [9.17, 15) is 14.0 Å². The van der Waals surface area contributed by atoms with Crippen LogP contribution < -0.4 is 22.1 Å². The Bertz CT molecular complexity index is 673. The van der Waals surface area contributed by atoms with Crippen LogP contribution in [-0.4, -0.2) is 50.0 Å². The smallest absolute Gasteiger partial charge is 0.311 e. The van der Waals surface area contributed by atoms with Gasteiger partial charge in [-0.2, -0.15) is 9.38 Å². The zero-order valence-corrected chi connectivity index (χ0v) is 17.6. The second-order valence-electron chi connectivity index (χ2n) is 7.17. The van der Waals surface area contributed by atoms with Crippen LogP contribution in [0.15, 0.2) is 28.9 Å². The van der Waals surface area contributed by atoms with Gasteiger partial charge in [-0.05, 0) is 46.2 Å². The molecule has 0 aliphatic rings. The molecule has 1 amide bonds. The molecule has 7 N–H and O–H groups in total. The van der Waals surface area contributed by atoms with Crippen LogP contribution in [0.25, 0.3) is 0 Å². The van der Waals surface area contributed by atoms with Crippen molar-refractivity contribution >= 4 is 23.8 Å². The lowest BCUT2D eigenvalue weighted by molar-refractivity contribution is -0.154. The molecule has 9 nitrogen and oxygen atoms in total. The fraction of sp³-hybridized carbons (Fsp3) is 0.579. The Labute approximate surface area is 171 Å². The first-order valence-electron chi connectivity index (χ1n) is 9.27. The third kappa shape index (κ3) is 11.0. The number of carbonyl (C=O) groups excluding carboxylic acids is 2. The number of primary amides is 1. The van der Waals surface area contributed by atoms with Crippen LogP contribution in [0, 0.1) is 10.8 Å². The lowest BCUT2D eigenvalue weighted by Gasteiger charge is -2.23. The van der Waals surface area contributed by atoms with Gasteiger partial charge < -0.3 is 26.8 Å². The van der Waals surface area contributed by atoms with E-state index in [1.807, 2.05) is 20.8 Å². The van der Waals surface area contributed by atoms with Crippen molar-refractivity contribution in [2.45, 2.75) is 46.1 Å². The van der Waals surface area contributed by atoms with Crippen molar-refractivity contribution in [1.82, 2.24) is 10.6 Å². The lowest BCUT2D eigenvalue weighted by Crippen LogP contribution is -2.35. The number of amidine groups is 2. The summed E-state index contributed by atoms with van der Waals surface area (Å²) in [5.74, 6) is -1.08. The molecule has 0 radical (unpaired) electrons. The molecule has 29 heavy (non-hydrogen) atoms. The first-order valence-corrected chi connectivity index (χ1v) is 9.27. The summed E-state index contributed by atoms with van der Waals surface area (Å²) in [6.07, 6.45) is 1.73. The molecule has 0 spiro atoms. The molecule has 164 valence electrons. The number of ether oxygens (including phenoxy) is 1. The second kappa shape index (κ2) is 12.7. The summed E-state index contributed by atoms with van der Waals surface area (Å²) < 4.78 is 17.9. The van der Waals surface area contributed by atoms with Gasteiger partial charge in [-0.15, -0.1) is 0 Å². The van der Waals surface area contributed by atoms with Crippen molar-refractivity contribution in [1.29, 1.82) is 5.41 Å². The lowest BCUT2D eigenvalue weighted by atomic mass is 9.91. The topological polar surface area (TPSA) is 156 Å². The molecule has 0 aliphatic carbocycles. The molecular formula is C19H33FN6O3. The summed E-state index contributed by atoms with van der Waals surface area (Å²) >= 11 is 0. The number of esters is 1. The quantitative estimate of drug-likeness (QED) is 0.0762. The number of rotatable bonds is 13. The molecule has 0 aromatic carbocycles. The van der Waals surface area contributed by atoms with Crippen LogP contribution >= 0.6 is 0 Å². The SMILES string of the molecule is C=C(/C=C(/CCC(COC(=O)C(C)(C)CC)NC)NC/C(N)=N\C(=N)F)C(N)=O. The number of nitrogens with zero attached hydrogens (tertiary/aromatic N) is 1. The van der Waals surface area contributed by atoms with Crippen molar-refractivity contribution in [2.24, 2.45) is 21.9 Å². The van der Waals surface area contributed by atoms with Gasteiger partial charge in [0.15, 0.2) is 0 Å². The third-order valence-electron chi connectivity index (χ3n) is 4.43. The van der Waals surface area contributed by atoms with E-state index in [1.165, 1.54) is 6.08 Å². The number of aliphatic imine (C=N–C) groups is 1. The van der Waals surface area contributed by atoms with Gasteiger partial charge in [0, 0.05) is 17.3 Å². The Hall–Kier alpha value is -2.75. The Morgan fingerprint density at radius 3 is 2.48 bits per heavy atom. The van der Waals surface area contributed by atoms with Gasteiger partial charge in [0.2, 0.25) is 5.91 Å². The van der Waals surface area contributed by atoms with Gasteiger partial charge in [0.1, 0.15) is 12.4 Å². The third-order valence-corrected chi connectivity index (χ3v) is 4.43. The van der Waals surface area contributed by atoms with Gasteiger partial charge in [-0.25, -0.2) is 0 Å². The molecule has 10 heteroatoms. The van der Waals surface area contributed by atoms with Crippen LogP contribution in [0.1, 0.15) is 40.0 Å².